The van der Waals surface area contributed by atoms with Crippen molar-refractivity contribution in [1.82, 2.24) is 9.13 Å². The third kappa shape index (κ3) is 3.42. The molecule has 0 atom stereocenters. The van der Waals surface area contributed by atoms with E-state index in [2.05, 4.69) is 0 Å². The first-order valence-electron chi connectivity index (χ1n) is 6.31. The minimum Gasteiger partial charge on any atom is -0.496 e. The Hall–Kier alpha value is -2.76. The summed E-state index contributed by atoms with van der Waals surface area (Å²) in [5.41, 5.74) is 1.42. The SMILES string of the molecule is COc1ccc(/C=C/C(=O)O)cc1Cn1ccn(C)c1=O. The van der Waals surface area contributed by atoms with Gasteiger partial charge in [0.15, 0.2) is 0 Å². The predicted octanol–water partition coefficient (Wildman–Crippen LogP) is 1.34. The summed E-state index contributed by atoms with van der Waals surface area (Å²) >= 11 is 0. The molecule has 0 amide bonds. The van der Waals surface area contributed by atoms with Crippen LogP contribution >= 0.6 is 0 Å². The van der Waals surface area contributed by atoms with Gasteiger partial charge < -0.3 is 14.4 Å². The number of carboxylic acids is 1. The van der Waals surface area contributed by atoms with Crippen LogP contribution in [0.15, 0.2) is 41.5 Å². The summed E-state index contributed by atoms with van der Waals surface area (Å²) < 4.78 is 8.33. The molecule has 1 aromatic heterocycles. The first-order chi connectivity index (χ1) is 10.0. The summed E-state index contributed by atoms with van der Waals surface area (Å²) in [5.74, 6) is -0.357. The van der Waals surface area contributed by atoms with E-state index in [0.29, 0.717) is 12.3 Å². The number of aliphatic carboxylic acids is 1. The predicted molar refractivity (Wildman–Crippen MR) is 78.4 cm³/mol. The molecule has 0 unspecified atom stereocenters. The number of ether oxygens (including phenoxy) is 1. The zero-order chi connectivity index (χ0) is 15.4. The number of carboxylic acid groups (broad SMARTS) is 1. The van der Waals surface area contributed by atoms with E-state index in [1.165, 1.54) is 10.6 Å². The Balaban J connectivity index is 2.36. The fraction of sp³-hybridized carbons (Fsp3) is 0.200. The van der Waals surface area contributed by atoms with Crippen molar-refractivity contribution in [3.05, 3.63) is 58.3 Å². The number of hydrogen-bond acceptors (Lipinski definition) is 3. The van der Waals surface area contributed by atoms with E-state index in [1.807, 2.05) is 0 Å². The van der Waals surface area contributed by atoms with Gasteiger partial charge in [-0.2, -0.15) is 0 Å². The van der Waals surface area contributed by atoms with E-state index in [4.69, 9.17) is 9.84 Å². The van der Waals surface area contributed by atoms with E-state index >= 15 is 0 Å². The van der Waals surface area contributed by atoms with Crippen molar-refractivity contribution in [1.29, 1.82) is 0 Å². The van der Waals surface area contributed by atoms with E-state index in [-0.39, 0.29) is 5.69 Å². The number of imidazole rings is 1. The van der Waals surface area contributed by atoms with Gasteiger partial charge in [-0.25, -0.2) is 9.59 Å². The fourth-order valence-electron chi connectivity index (χ4n) is 2.01. The lowest BCUT2D eigenvalue weighted by Gasteiger charge is -2.09. The Morgan fingerprint density at radius 2 is 2.14 bits per heavy atom. The Kier molecular flexibility index (Phi) is 4.27. The van der Waals surface area contributed by atoms with Gasteiger partial charge in [-0.3, -0.25) is 4.57 Å². The Bertz CT molecular complexity index is 740. The first kappa shape index (κ1) is 14.6. The monoisotopic (exact) mass is 288 g/mol. The molecule has 2 aromatic rings. The summed E-state index contributed by atoms with van der Waals surface area (Å²) in [5, 5.41) is 8.66. The van der Waals surface area contributed by atoms with E-state index in [9.17, 15) is 9.59 Å². The number of rotatable bonds is 5. The Morgan fingerprint density at radius 1 is 1.38 bits per heavy atom. The van der Waals surface area contributed by atoms with Gasteiger partial charge >= 0.3 is 11.7 Å². The lowest BCUT2D eigenvalue weighted by molar-refractivity contribution is -0.131. The van der Waals surface area contributed by atoms with E-state index in [0.717, 1.165) is 17.2 Å². The normalized spacial score (nSPS) is 11.0. The van der Waals surface area contributed by atoms with Crippen LogP contribution in [0.4, 0.5) is 0 Å². The largest absolute Gasteiger partial charge is 0.496 e. The highest BCUT2D eigenvalue weighted by Gasteiger charge is 2.07. The van der Waals surface area contributed by atoms with Crippen LogP contribution in [0.1, 0.15) is 11.1 Å². The third-order valence-corrected chi connectivity index (χ3v) is 3.08. The molecule has 0 spiro atoms. The van der Waals surface area contributed by atoms with Crippen molar-refractivity contribution < 1.29 is 14.6 Å². The van der Waals surface area contributed by atoms with Gasteiger partial charge in [-0.05, 0) is 23.8 Å². The lowest BCUT2D eigenvalue weighted by atomic mass is 10.1. The van der Waals surface area contributed by atoms with Crippen LogP contribution in [0.25, 0.3) is 6.08 Å². The molecular weight excluding hydrogens is 272 g/mol. The number of aromatic nitrogens is 2. The molecule has 6 nitrogen and oxygen atoms in total. The van der Waals surface area contributed by atoms with Crippen molar-refractivity contribution >= 4 is 12.0 Å². The highest BCUT2D eigenvalue weighted by molar-refractivity contribution is 5.85. The van der Waals surface area contributed by atoms with Gasteiger partial charge in [0, 0.05) is 31.1 Å². The molecule has 0 fully saturated rings. The number of carbonyl (C=O) groups is 1. The van der Waals surface area contributed by atoms with Crippen molar-refractivity contribution in [3.8, 4) is 5.75 Å². The summed E-state index contributed by atoms with van der Waals surface area (Å²) in [7, 11) is 3.24. The van der Waals surface area contributed by atoms with Gasteiger partial charge in [0.25, 0.3) is 0 Å². The number of nitrogens with zero attached hydrogens (tertiary/aromatic N) is 2. The molecule has 21 heavy (non-hydrogen) atoms. The second kappa shape index (κ2) is 6.13. The van der Waals surface area contributed by atoms with E-state index in [1.54, 1.807) is 49.3 Å². The molecule has 2 rings (SSSR count). The Labute approximate surface area is 121 Å². The quantitative estimate of drug-likeness (QED) is 0.843. The van der Waals surface area contributed by atoms with Crippen molar-refractivity contribution in [2.75, 3.05) is 7.11 Å². The maximum atomic E-state index is 11.9. The molecule has 1 heterocycles. The number of benzene rings is 1. The van der Waals surface area contributed by atoms with Crippen molar-refractivity contribution in [2.45, 2.75) is 6.54 Å². The molecule has 1 N–H and O–H groups in total. The molecule has 110 valence electrons. The topological polar surface area (TPSA) is 73.5 Å². The molecule has 1 aromatic carbocycles. The average Bonchev–Trinajstić information content (AvgIpc) is 2.77. The van der Waals surface area contributed by atoms with Crippen LogP contribution in [-0.4, -0.2) is 27.3 Å². The van der Waals surface area contributed by atoms with Gasteiger partial charge in [0.2, 0.25) is 0 Å². The molecule has 0 aliphatic rings. The second-order valence-electron chi connectivity index (χ2n) is 4.56. The van der Waals surface area contributed by atoms with Crippen LogP contribution in [0, 0.1) is 0 Å². The third-order valence-electron chi connectivity index (χ3n) is 3.08. The molecule has 0 aliphatic heterocycles. The van der Waals surface area contributed by atoms with Crippen LogP contribution in [0.5, 0.6) is 5.75 Å². The zero-order valence-corrected chi connectivity index (χ0v) is 11.8. The van der Waals surface area contributed by atoms with E-state index < -0.39 is 5.97 Å². The number of hydrogen-bond donors (Lipinski definition) is 1. The smallest absolute Gasteiger partial charge is 0.328 e. The van der Waals surface area contributed by atoms with Crippen molar-refractivity contribution in [3.63, 3.8) is 0 Å². The average molecular weight is 288 g/mol. The molecule has 6 heteroatoms. The fourth-order valence-corrected chi connectivity index (χ4v) is 2.01. The lowest BCUT2D eigenvalue weighted by Crippen LogP contribution is -2.22. The first-order valence-corrected chi connectivity index (χ1v) is 6.31. The van der Waals surface area contributed by atoms with Gasteiger partial charge in [0.05, 0.1) is 13.7 Å². The highest BCUT2D eigenvalue weighted by Crippen LogP contribution is 2.21. The summed E-state index contributed by atoms with van der Waals surface area (Å²) in [6.07, 6.45) is 5.95. The maximum Gasteiger partial charge on any atom is 0.328 e. The summed E-state index contributed by atoms with van der Waals surface area (Å²) in [6.45, 7) is 0.359. The molecule has 0 saturated carbocycles. The second-order valence-corrected chi connectivity index (χ2v) is 4.56. The van der Waals surface area contributed by atoms with Crippen LogP contribution in [0.2, 0.25) is 0 Å². The molecule has 0 aliphatic carbocycles. The zero-order valence-electron chi connectivity index (χ0n) is 11.8. The van der Waals surface area contributed by atoms with Gasteiger partial charge in [0.1, 0.15) is 5.75 Å². The van der Waals surface area contributed by atoms with Crippen LogP contribution in [-0.2, 0) is 18.4 Å². The molecular formula is C15H16N2O4. The number of aryl methyl sites for hydroxylation is 1. The Morgan fingerprint density at radius 3 is 2.71 bits per heavy atom. The molecule has 0 saturated heterocycles. The van der Waals surface area contributed by atoms with Gasteiger partial charge in [-0.1, -0.05) is 6.07 Å². The van der Waals surface area contributed by atoms with Crippen molar-refractivity contribution in [2.24, 2.45) is 7.05 Å². The summed E-state index contributed by atoms with van der Waals surface area (Å²) in [6, 6.07) is 5.32. The maximum absolute atomic E-state index is 11.9. The standard InChI is InChI=1S/C15H16N2O4/c1-16-7-8-17(15(16)20)10-12-9-11(4-6-14(18)19)3-5-13(12)21-2/h3-9H,10H2,1-2H3,(H,18,19)/b6-4+. The number of methoxy groups -OCH3 is 1. The minimum atomic E-state index is -1.01. The van der Waals surface area contributed by atoms with Crippen LogP contribution in [0.3, 0.4) is 0 Å². The molecule has 0 radical (unpaired) electrons. The molecule has 0 bridgehead atoms. The minimum absolute atomic E-state index is 0.122. The summed E-state index contributed by atoms with van der Waals surface area (Å²) in [4.78, 5) is 22.4. The van der Waals surface area contributed by atoms with Crippen LogP contribution < -0.4 is 10.4 Å². The highest BCUT2D eigenvalue weighted by atomic mass is 16.5. The van der Waals surface area contributed by atoms with Gasteiger partial charge in [-0.15, -0.1) is 0 Å².